The number of rotatable bonds is 4. The minimum Gasteiger partial charge on any atom is -0.326 e. The molecule has 0 saturated carbocycles. The van der Waals surface area contributed by atoms with E-state index in [0.717, 1.165) is 9.92 Å². The number of aromatic nitrogens is 2. The maximum atomic E-state index is 5.82. The van der Waals surface area contributed by atoms with Crippen LogP contribution in [-0.2, 0) is 6.54 Å². The van der Waals surface area contributed by atoms with Gasteiger partial charge in [0.15, 0.2) is 0 Å². The van der Waals surface area contributed by atoms with Crippen LogP contribution in [0.25, 0.3) is 0 Å². The standard InChI is InChI=1S/C12H13N3S2/c1-16-10-3-2-4-11(9(10)7-13)17-12-8-14-5-6-15-12/h2-6,8H,7,13H2,1H3. The van der Waals surface area contributed by atoms with Crippen molar-refractivity contribution in [3.8, 4) is 0 Å². The quantitative estimate of drug-likeness (QED) is 0.860. The van der Waals surface area contributed by atoms with Crippen LogP contribution in [0.2, 0.25) is 0 Å². The van der Waals surface area contributed by atoms with Crippen molar-refractivity contribution in [1.82, 2.24) is 9.97 Å². The Morgan fingerprint density at radius 1 is 1.24 bits per heavy atom. The van der Waals surface area contributed by atoms with Gasteiger partial charge in [-0.15, -0.1) is 11.8 Å². The summed E-state index contributed by atoms with van der Waals surface area (Å²) in [5.41, 5.74) is 6.99. The van der Waals surface area contributed by atoms with E-state index in [-0.39, 0.29) is 0 Å². The third-order valence-electron chi connectivity index (χ3n) is 2.27. The molecule has 0 spiro atoms. The van der Waals surface area contributed by atoms with Crippen LogP contribution in [0.3, 0.4) is 0 Å². The molecular weight excluding hydrogens is 250 g/mol. The second-order valence-electron chi connectivity index (χ2n) is 3.29. The molecule has 2 N–H and O–H groups in total. The topological polar surface area (TPSA) is 51.8 Å². The Bertz CT molecular complexity index is 488. The molecule has 88 valence electrons. The summed E-state index contributed by atoms with van der Waals surface area (Å²) in [6, 6.07) is 6.21. The number of nitrogens with zero attached hydrogens (tertiary/aromatic N) is 2. The molecule has 3 nitrogen and oxygen atoms in total. The van der Waals surface area contributed by atoms with E-state index in [1.165, 1.54) is 10.5 Å². The Hall–Kier alpha value is -1.04. The van der Waals surface area contributed by atoms with Gasteiger partial charge in [0.2, 0.25) is 0 Å². The highest BCUT2D eigenvalue weighted by molar-refractivity contribution is 7.99. The number of thioether (sulfide) groups is 1. The van der Waals surface area contributed by atoms with Crippen LogP contribution in [-0.4, -0.2) is 16.2 Å². The van der Waals surface area contributed by atoms with E-state index < -0.39 is 0 Å². The van der Waals surface area contributed by atoms with Gasteiger partial charge in [-0.2, -0.15) is 0 Å². The van der Waals surface area contributed by atoms with Crippen molar-refractivity contribution in [2.24, 2.45) is 5.73 Å². The first kappa shape index (κ1) is 12.4. The molecule has 0 amide bonds. The molecule has 5 heteroatoms. The summed E-state index contributed by atoms with van der Waals surface area (Å²) in [5.74, 6) is 0. The van der Waals surface area contributed by atoms with Gasteiger partial charge in [0.05, 0.1) is 6.20 Å². The van der Waals surface area contributed by atoms with Gasteiger partial charge >= 0.3 is 0 Å². The summed E-state index contributed by atoms with van der Waals surface area (Å²) in [7, 11) is 0. The van der Waals surface area contributed by atoms with Gasteiger partial charge in [0, 0.05) is 28.7 Å². The molecule has 0 atom stereocenters. The van der Waals surface area contributed by atoms with E-state index in [4.69, 9.17) is 5.73 Å². The summed E-state index contributed by atoms with van der Waals surface area (Å²) < 4.78 is 0. The summed E-state index contributed by atoms with van der Waals surface area (Å²) in [6.07, 6.45) is 7.19. The molecule has 0 unspecified atom stereocenters. The fourth-order valence-corrected chi connectivity index (χ4v) is 3.12. The summed E-state index contributed by atoms with van der Waals surface area (Å²) in [4.78, 5) is 10.7. The van der Waals surface area contributed by atoms with Crippen molar-refractivity contribution in [2.45, 2.75) is 21.4 Å². The van der Waals surface area contributed by atoms with Crippen molar-refractivity contribution >= 4 is 23.5 Å². The molecule has 1 aromatic heterocycles. The van der Waals surface area contributed by atoms with Crippen molar-refractivity contribution < 1.29 is 0 Å². The Labute approximate surface area is 109 Å². The smallest absolute Gasteiger partial charge is 0.119 e. The summed E-state index contributed by atoms with van der Waals surface area (Å²) in [6.45, 7) is 0.541. The number of nitrogens with two attached hydrogens (primary N) is 1. The first-order valence-electron chi connectivity index (χ1n) is 5.15. The Kier molecular flexibility index (Phi) is 4.42. The van der Waals surface area contributed by atoms with Crippen molar-refractivity contribution in [3.05, 3.63) is 42.4 Å². The normalized spacial score (nSPS) is 10.5. The maximum absolute atomic E-state index is 5.82. The second kappa shape index (κ2) is 6.05. The lowest BCUT2D eigenvalue weighted by atomic mass is 10.2. The average Bonchev–Trinajstić information content (AvgIpc) is 2.39. The molecular formula is C12H13N3S2. The van der Waals surface area contributed by atoms with Crippen molar-refractivity contribution in [1.29, 1.82) is 0 Å². The van der Waals surface area contributed by atoms with Gasteiger partial charge in [-0.3, -0.25) is 4.98 Å². The zero-order valence-corrected chi connectivity index (χ0v) is 11.1. The minimum absolute atomic E-state index is 0.541. The van der Waals surface area contributed by atoms with Gasteiger partial charge in [-0.05, 0) is 24.0 Å². The van der Waals surface area contributed by atoms with Gasteiger partial charge in [0.25, 0.3) is 0 Å². The lowest BCUT2D eigenvalue weighted by Gasteiger charge is -2.10. The van der Waals surface area contributed by atoms with Crippen molar-refractivity contribution in [3.63, 3.8) is 0 Å². The van der Waals surface area contributed by atoms with E-state index in [0.29, 0.717) is 6.54 Å². The first-order chi connectivity index (χ1) is 8.35. The van der Waals surface area contributed by atoms with E-state index >= 15 is 0 Å². The van der Waals surface area contributed by atoms with Gasteiger partial charge in [-0.25, -0.2) is 4.98 Å². The Morgan fingerprint density at radius 3 is 2.71 bits per heavy atom. The number of hydrogen-bond donors (Lipinski definition) is 1. The zero-order chi connectivity index (χ0) is 12.1. The lowest BCUT2D eigenvalue weighted by molar-refractivity contribution is 0.976. The molecule has 0 aliphatic heterocycles. The maximum Gasteiger partial charge on any atom is 0.119 e. The summed E-state index contributed by atoms with van der Waals surface area (Å²) >= 11 is 3.32. The predicted molar refractivity (Wildman–Crippen MR) is 72.3 cm³/mol. The predicted octanol–water partition coefficient (Wildman–Crippen LogP) is 2.81. The van der Waals surface area contributed by atoms with Crippen LogP contribution < -0.4 is 5.73 Å². The Morgan fingerprint density at radius 2 is 2.06 bits per heavy atom. The van der Waals surface area contributed by atoms with Crippen LogP contribution in [0.15, 0.2) is 51.6 Å². The highest BCUT2D eigenvalue weighted by Gasteiger charge is 2.08. The lowest BCUT2D eigenvalue weighted by Crippen LogP contribution is -2.00. The van der Waals surface area contributed by atoms with E-state index in [1.54, 1.807) is 42.1 Å². The molecule has 0 fully saturated rings. The van der Waals surface area contributed by atoms with Gasteiger partial charge in [0.1, 0.15) is 5.03 Å². The molecule has 0 aliphatic carbocycles. The largest absolute Gasteiger partial charge is 0.326 e. The number of benzene rings is 1. The molecule has 1 aromatic carbocycles. The minimum atomic E-state index is 0.541. The van der Waals surface area contributed by atoms with Crippen LogP contribution in [0.5, 0.6) is 0 Å². The fourth-order valence-electron chi connectivity index (χ4n) is 1.48. The van der Waals surface area contributed by atoms with E-state index in [2.05, 4.69) is 28.4 Å². The third kappa shape index (κ3) is 3.00. The summed E-state index contributed by atoms with van der Waals surface area (Å²) in [5, 5.41) is 0.889. The number of hydrogen-bond acceptors (Lipinski definition) is 5. The monoisotopic (exact) mass is 263 g/mol. The highest BCUT2D eigenvalue weighted by Crippen LogP contribution is 2.33. The molecule has 1 heterocycles. The zero-order valence-electron chi connectivity index (χ0n) is 9.46. The molecule has 0 aliphatic rings. The third-order valence-corrected chi connectivity index (χ3v) is 4.11. The molecule has 0 radical (unpaired) electrons. The van der Waals surface area contributed by atoms with E-state index in [9.17, 15) is 0 Å². The molecule has 0 bridgehead atoms. The van der Waals surface area contributed by atoms with Crippen molar-refractivity contribution in [2.75, 3.05) is 6.26 Å². The van der Waals surface area contributed by atoms with Gasteiger partial charge < -0.3 is 5.73 Å². The van der Waals surface area contributed by atoms with E-state index in [1.807, 2.05) is 6.07 Å². The molecule has 0 saturated heterocycles. The molecule has 2 rings (SSSR count). The fraction of sp³-hybridized carbons (Fsp3) is 0.167. The average molecular weight is 263 g/mol. The first-order valence-corrected chi connectivity index (χ1v) is 7.19. The highest BCUT2D eigenvalue weighted by atomic mass is 32.2. The van der Waals surface area contributed by atoms with Gasteiger partial charge in [-0.1, -0.05) is 17.8 Å². The SMILES string of the molecule is CSc1cccc(Sc2cnccn2)c1CN. The molecule has 2 aromatic rings. The second-order valence-corrected chi connectivity index (χ2v) is 5.20. The Balaban J connectivity index is 2.33. The van der Waals surface area contributed by atoms with Crippen LogP contribution in [0.4, 0.5) is 0 Å². The van der Waals surface area contributed by atoms with Crippen LogP contribution >= 0.6 is 23.5 Å². The van der Waals surface area contributed by atoms with Crippen LogP contribution in [0.1, 0.15) is 5.56 Å². The van der Waals surface area contributed by atoms with Crippen LogP contribution in [0, 0.1) is 0 Å². The molecule has 17 heavy (non-hydrogen) atoms.